The summed E-state index contributed by atoms with van der Waals surface area (Å²) in [5.41, 5.74) is 1.49. The molecule has 0 saturated heterocycles. The predicted molar refractivity (Wildman–Crippen MR) is 81.7 cm³/mol. The zero-order valence-electron chi connectivity index (χ0n) is 12.1. The summed E-state index contributed by atoms with van der Waals surface area (Å²) in [5, 5.41) is 12.6. The van der Waals surface area contributed by atoms with E-state index in [2.05, 4.69) is 10.3 Å². The topological polar surface area (TPSA) is 85.4 Å². The minimum Gasteiger partial charge on any atom is -0.477 e. The zero-order chi connectivity index (χ0) is 15.4. The van der Waals surface area contributed by atoms with Gasteiger partial charge in [-0.25, -0.2) is 4.79 Å². The number of carboxylic acids is 1. The third-order valence-corrected chi connectivity index (χ3v) is 3.15. The number of nitrogens with zero attached hydrogens (tertiary/aromatic N) is 1. The highest BCUT2D eigenvalue weighted by atomic mass is 16.4. The molecule has 1 amide bonds. The lowest BCUT2D eigenvalue weighted by Crippen LogP contribution is -2.17. The molecule has 6 nitrogen and oxygen atoms in total. The van der Waals surface area contributed by atoms with Crippen molar-refractivity contribution in [2.75, 3.05) is 26.0 Å². The highest BCUT2D eigenvalue weighted by Gasteiger charge is 2.08. The molecule has 3 N–H and O–H groups in total. The van der Waals surface area contributed by atoms with Crippen molar-refractivity contribution in [3.05, 3.63) is 30.0 Å². The number of amides is 1. The van der Waals surface area contributed by atoms with Gasteiger partial charge >= 0.3 is 5.97 Å². The molecule has 0 spiro atoms. The quantitative estimate of drug-likeness (QED) is 0.760. The van der Waals surface area contributed by atoms with Crippen LogP contribution in [0.3, 0.4) is 0 Å². The van der Waals surface area contributed by atoms with Crippen LogP contribution in [0.2, 0.25) is 0 Å². The molecule has 6 heteroatoms. The molecule has 0 aliphatic heterocycles. The van der Waals surface area contributed by atoms with Gasteiger partial charge in [-0.2, -0.15) is 0 Å². The number of carbonyl (C=O) groups is 2. The second-order valence-corrected chi connectivity index (χ2v) is 5.25. The molecular weight excluding hydrogens is 270 g/mol. The summed E-state index contributed by atoms with van der Waals surface area (Å²) in [6, 6.07) is 6.87. The Kier molecular flexibility index (Phi) is 4.59. The van der Waals surface area contributed by atoms with Crippen LogP contribution in [0.15, 0.2) is 24.3 Å². The number of aromatic nitrogens is 1. The van der Waals surface area contributed by atoms with Gasteiger partial charge in [0.25, 0.3) is 0 Å². The molecule has 1 aromatic carbocycles. The van der Waals surface area contributed by atoms with Gasteiger partial charge in [0.2, 0.25) is 5.91 Å². The van der Waals surface area contributed by atoms with Gasteiger partial charge in [0, 0.05) is 23.0 Å². The molecule has 112 valence electrons. The van der Waals surface area contributed by atoms with Crippen LogP contribution >= 0.6 is 0 Å². The lowest BCUT2D eigenvalue weighted by Gasteiger charge is -2.09. The van der Waals surface area contributed by atoms with E-state index in [1.807, 2.05) is 19.0 Å². The van der Waals surface area contributed by atoms with E-state index < -0.39 is 5.97 Å². The Morgan fingerprint density at radius 2 is 2.05 bits per heavy atom. The Balaban J connectivity index is 2.02. The standard InChI is InChI=1S/C15H19N3O3/c1-18(2)7-3-4-14(19)16-11-6-5-10-8-13(15(20)21)17-12(10)9-11/h5-6,8-9,17H,3-4,7H2,1-2H3,(H,16,19)(H,20,21). The molecule has 0 aliphatic carbocycles. The summed E-state index contributed by atoms with van der Waals surface area (Å²) in [6.07, 6.45) is 1.26. The number of anilines is 1. The Morgan fingerprint density at radius 3 is 2.71 bits per heavy atom. The maximum atomic E-state index is 11.8. The Hall–Kier alpha value is -2.34. The highest BCUT2D eigenvalue weighted by Crippen LogP contribution is 2.20. The summed E-state index contributed by atoms with van der Waals surface area (Å²) in [6.45, 7) is 0.866. The fourth-order valence-electron chi connectivity index (χ4n) is 2.10. The van der Waals surface area contributed by atoms with E-state index in [-0.39, 0.29) is 11.6 Å². The summed E-state index contributed by atoms with van der Waals surface area (Å²) in [5.74, 6) is -1.04. The molecule has 0 radical (unpaired) electrons. The lowest BCUT2D eigenvalue weighted by molar-refractivity contribution is -0.116. The molecular formula is C15H19N3O3. The molecule has 0 bridgehead atoms. The van der Waals surface area contributed by atoms with Crippen molar-refractivity contribution in [2.45, 2.75) is 12.8 Å². The molecule has 0 unspecified atom stereocenters. The van der Waals surface area contributed by atoms with E-state index in [0.717, 1.165) is 18.4 Å². The van der Waals surface area contributed by atoms with Gasteiger partial charge in [-0.3, -0.25) is 4.79 Å². The number of rotatable bonds is 6. The van der Waals surface area contributed by atoms with Crippen LogP contribution in [0, 0.1) is 0 Å². The van der Waals surface area contributed by atoms with Gasteiger partial charge in [0.05, 0.1) is 0 Å². The first kappa shape index (κ1) is 15.1. The smallest absolute Gasteiger partial charge is 0.352 e. The van der Waals surface area contributed by atoms with Crippen LogP contribution in [0.5, 0.6) is 0 Å². The van der Waals surface area contributed by atoms with Gasteiger partial charge in [-0.15, -0.1) is 0 Å². The monoisotopic (exact) mass is 289 g/mol. The van der Waals surface area contributed by atoms with Crippen LogP contribution in [-0.4, -0.2) is 47.5 Å². The Morgan fingerprint density at radius 1 is 1.29 bits per heavy atom. The average Bonchev–Trinajstić information content (AvgIpc) is 2.81. The number of nitrogens with one attached hydrogen (secondary N) is 2. The van der Waals surface area contributed by atoms with E-state index in [0.29, 0.717) is 17.6 Å². The van der Waals surface area contributed by atoms with Gasteiger partial charge in [-0.1, -0.05) is 6.07 Å². The number of benzene rings is 1. The van der Waals surface area contributed by atoms with Crippen molar-refractivity contribution in [1.82, 2.24) is 9.88 Å². The molecule has 0 saturated carbocycles. The van der Waals surface area contributed by atoms with E-state index in [4.69, 9.17) is 5.11 Å². The molecule has 0 fully saturated rings. The number of hydrogen-bond acceptors (Lipinski definition) is 3. The summed E-state index contributed by atoms with van der Waals surface area (Å²) >= 11 is 0. The number of carboxylic acid groups (broad SMARTS) is 1. The molecule has 0 atom stereocenters. The molecule has 21 heavy (non-hydrogen) atoms. The van der Waals surface area contributed by atoms with E-state index >= 15 is 0 Å². The Labute approximate surface area is 122 Å². The SMILES string of the molecule is CN(C)CCCC(=O)Nc1ccc2cc(C(=O)O)[nH]c2c1. The van der Waals surface area contributed by atoms with Gasteiger partial charge < -0.3 is 20.3 Å². The minimum absolute atomic E-state index is 0.0405. The molecule has 2 rings (SSSR count). The van der Waals surface area contributed by atoms with Gasteiger partial charge in [0.15, 0.2) is 0 Å². The van der Waals surface area contributed by atoms with E-state index in [1.54, 1.807) is 24.3 Å². The minimum atomic E-state index is -1.000. The molecule has 1 heterocycles. The maximum absolute atomic E-state index is 11.8. The van der Waals surface area contributed by atoms with Crippen molar-refractivity contribution < 1.29 is 14.7 Å². The van der Waals surface area contributed by atoms with Gasteiger partial charge in [0.1, 0.15) is 5.69 Å². The lowest BCUT2D eigenvalue weighted by atomic mass is 10.2. The van der Waals surface area contributed by atoms with E-state index in [1.165, 1.54) is 0 Å². The number of aromatic carboxylic acids is 1. The second kappa shape index (κ2) is 6.41. The fourth-order valence-corrected chi connectivity index (χ4v) is 2.10. The van der Waals surface area contributed by atoms with Crippen molar-refractivity contribution in [3.8, 4) is 0 Å². The average molecular weight is 289 g/mol. The van der Waals surface area contributed by atoms with Crippen molar-refractivity contribution in [3.63, 3.8) is 0 Å². The number of H-pyrrole nitrogens is 1. The summed E-state index contributed by atoms with van der Waals surface area (Å²) < 4.78 is 0. The zero-order valence-corrected chi connectivity index (χ0v) is 12.1. The number of hydrogen-bond donors (Lipinski definition) is 3. The summed E-state index contributed by atoms with van der Waals surface area (Å²) in [7, 11) is 3.94. The molecule has 1 aromatic heterocycles. The third-order valence-electron chi connectivity index (χ3n) is 3.15. The first-order valence-electron chi connectivity index (χ1n) is 6.76. The highest BCUT2D eigenvalue weighted by molar-refractivity contribution is 5.97. The summed E-state index contributed by atoms with van der Waals surface area (Å²) in [4.78, 5) is 27.6. The number of carbonyl (C=O) groups excluding carboxylic acids is 1. The number of aromatic amines is 1. The first-order valence-corrected chi connectivity index (χ1v) is 6.76. The molecule has 0 aliphatic rings. The first-order chi connectivity index (χ1) is 9.95. The predicted octanol–water partition coefficient (Wildman–Crippen LogP) is 2.15. The Bertz CT molecular complexity index is 661. The maximum Gasteiger partial charge on any atom is 0.352 e. The molecule has 2 aromatic rings. The van der Waals surface area contributed by atoms with Crippen LogP contribution in [-0.2, 0) is 4.79 Å². The fraction of sp³-hybridized carbons (Fsp3) is 0.333. The second-order valence-electron chi connectivity index (χ2n) is 5.25. The van der Waals surface area contributed by atoms with Crippen molar-refractivity contribution in [1.29, 1.82) is 0 Å². The van der Waals surface area contributed by atoms with Crippen molar-refractivity contribution in [2.24, 2.45) is 0 Å². The van der Waals surface area contributed by atoms with Crippen LogP contribution < -0.4 is 5.32 Å². The van der Waals surface area contributed by atoms with Crippen LogP contribution in [0.1, 0.15) is 23.3 Å². The largest absolute Gasteiger partial charge is 0.477 e. The number of fused-ring (bicyclic) bond motifs is 1. The van der Waals surface area contributed by atoms with Gasteiger partial charge in [-0.05, 0) is 45.3 Å². The van der Waals surface area contributed by atoms with E-state index in [9.17, 15) is 9.59 Å². The van der Waals surface area contributed by atoms with Crippen LogP contribution in [0.25, 0.3) is 10.9 Å². The van der Waals surface area contributed by atoms with Crippen molar-refractivity contribution >= 4 is 28.5 Å². The van der Waals surface area contributed by atoms with Crippen LogP contribution in [0.4, 0.5) is 5.69 Å². The normalized spacial score (nSPS) is 11.0. The third kappa shape index (κ3) is 4.06.